The maximum atomic E-state index is 12.7. The van der Waals surface area contributed by atoms with Gasteiger partial charge in [0.15, 0.2) is 5.69 Å². The lowest BCUT2D eigenvalue weighted by Gasteiger charge is -2.01. The number of halogens is 1. The van der Waals surface area contributed by atoms with E-state index in [1.54, 1.807) is 24.3 Å². The highest BCUT2D eigenvalue weighted by atomic mass is 79.9. The fourth-order valence-corrected chi connectivity index (χ4v) is 3.04. The van der Waals surface area contributed by atoms with E-state index in [1.165, 1.54) is 4.40 Å². The average molecular weight is 342 g/mol. The first kappa shape index (κ1) is 12.3. The zero-order valence-corrected chi connectivity index (χ0v) is 12.2. The Bertz CT molecular complexity index is 1090. The number of H-pyrrole nitrogens is 1. The van der Waals surface area contributed by atoms with E-state index in [4.69, 9.17) is 0 Å². The standard InChI is InChI=1S/C15H8BrN3O2/c16-8-5-6-10-12(7-8)19-14(13(10)18-21)17-11-4-2-1-3-9(11)15(19)20/h1-7,17H. The van der Waals surface area contributed by atoms with Crippen LogP contribution in [0.5, 0.6) is 0 Å². The Morgan fingerprint density at radius 3 is 2.71 bits per heavy atom. The number of benzene rings is 2. The Morgan fingerprint density at radius 1 is 1.10 bits per heavy atom. The Balaban J connectivity index is 2.40. The van der Waals surface area contributed by atoms with Crippen LogP contribution in [0.15, 0.2) is 56.9 Å². The summed E-state index contributed by atoms with van der Waals surface area (Å²) in [5.74, 6) is 0. The molecule has 0 aliphatic heterocycles. The van der Waals surface area contributed by atoms with Gasteiger partial charge < -0.3 is 4.98 Å². The number of para-hydroxylation sites is 1. The van der Waals surface area contributed by atoms with Crippen LogP contribution in [-0.2, 0) is 0 Å². The molecule has 0 unspecified atom stereocenters. The Hall–Kier alpha value is -2.47. The average Bonchev–Trinajstić information content (AvgIpc) is 2.80. The van der Waals surface area contributed by atoms with E-state index in [9.17, 15) is 9.70 Å². The molecule has 4 rings (SSSR count). The molecule has 5 nitrogen and oxygen atoms in total. The number of hydrogen-bond donors (Lipinski definition) is 1. The van der Waals surface area contributed by atoms with Crippen molar-refractivity contribution in [3.63, 3.8) is 0 Å². The second-order valence-corrected chi connectivity index (χ2v) is 5.68. The molecule has 0 amide bonds. The molecule has 21 heavy (non-hydrogen) atoms. The van der Waals surface area contributed by atoms with Gasteiger partial charge in [-0.2, -0.15) is 0 Å². The fourth-order valence-electron chi connectivity index (χ4n) is 2.69. The SMILES string of the molecule is O=Nc1c2ccc(Br)cc2n2c(=O)c3ccccc3[nH]c12. The largest absolute Gasteiger partial charge is 0.339 e. The zero-order chi connectivity index (χ0) is 14.6. The van der Waals surface area contributed by atoms with E-state index in [-0.39, 0.29) is 11.2 Å². The van der Waals surface area contributed by atoms with E-state index in [0.29, 0.717) is 27.5 Å². The van der Waals surface area contributed by atoms with Crippen molar-refractivity contribution in [2.45, 2.75) is 0 Å². The summed E-state index contributed by atoms with van der Waals surface area (Å²) in [6.07, 6.45) is 0. The molecule has 6 heteroatoms. The molecule has 0 fully saturated rings. The van der Waals surface area contributed by atoms with Gasteiger partial charge in [-0.3, -0.25) is 9.20 Å². The predicted molar refractivity (Wildman–Crippen MR) is 86.2 cm³/mol. The van der Waals surface area contributed by atoms with Crippen molar-refractivity contribution in [2.24, 2.45) is 5.18 Å². The summed E-state index contributed by atoms with van der Waals surface area (Å²) >= 11 is 3.39. The summed E-state index contributed by atoms with van der Waals surface area (Å²) in [7, 11) is 0. The maximum Gasteiger partial charge on any atom is 0.266 e. The Kier molecular flexibility index (Phi) is 2.49. The van der Waals surface area contributed by atoms with Crippen LogP contribution in [0.1, 0.15) is 0 Å². The molecule has 0 aliphatic carbocycles. The summed E-state index contributed by atoms with van der Waals surface area (Å²) in [6, 6.07) is 12.6. The van der Waals surface area contributed by atoms with Crippen LogP contribution in [-0.4, -0.2) is 9.38 Å². The molecule has 0 bridgehead atoms. The lowest BCUT2D eigenvalue weighted by molar-refractivity contribution is 1.15. The van der Waals surface area contributed by atoms with Gasteiger partial charge in [0.25, 0.3) is 5.56 Å². The molecule has 4 aromatic rings. The van der Waals surface area contributed by atoms with Gasteiger partial charge in [-0.1, -0.05) is 28.1 Å². The molecule has 2 aromatic carbocycles. The van der Waals surface area contributed by atoms with Gasteiger partial charge in [0.05, 0.1) is 16.4 Å². The number of aromatic amines is 1. The number of rotatable bonds is 1. The molecule has 0 radical (unpaired) electrons. The molecule has 0 atom stereocenters. The second kappa shape index (κ2) is 4.26. The van der Waals surface area contributed by atoms with Crippen molar-refractivity contribution < 1.29 is 0 Å². The third-order valence-corrected chi connectivity index (χ3v) is 4.10. The van der Waals surface area contributed by atoms with Gasteiger partial charge in [0.1, 0.15) is 5.65 Å². The van der Waals surface area contributed by atoms with E-state index in [2.05, 4.69) is 26.1 Å². The molecule has 1 N–H and O–H groups in total. The molecule has 2 heterocycles. The highest BCUT2D eigenvalue weighted by Crippen LogP contribution is 2.33. The molecule has 0 spiro atoms. The lowest BCUT2D eigenvalue weighted by Crippen LogP contribution is -2.13. The highest BCUT2D eigenvalue weighted by molar-refractivity contribution is 9.10. The zero-order valence-electron chi connectivity index (χ0n) is 10.6. The van der Waals surface area contributed by atoms with E-state index in [1.807, 2.05) is 18.2 Å². The van der Waals surface area contributed by atoms with Gasteiger partial charge in [-0.25, -0.2) is 0 Å². The first-order valence-corrected chi connectivity index (χ1v) is 7.08. The smallest absolute Gasteiger partial charge is 0.266 e. The quantitative estimate of drug-likeness (QED) is 0.529. The van der Waals surface area contributed by atoms with Crippen molar-refractivity contribution >= 4 is 49.1 Å². The maximum absolute atomic E-state index is 12.7. The van der Waals surface area contributed by atoms with Gasteiger partial charge >= 0.3 is 0 Å². The summed E-state index contributed by atoms with van der Waals surface area (Å²) in [5.41, 5.74) is 1.84. The van der Waals surface area contributed by atoms with Gasteiger partial charge in [-0.05, 0) is 35.5 Å². The van der Waals surface area contributed by atoms with Crippen molar-refractivity contribution in [1.82, 2.24) is 9.38 Å². The predicted octanol–water partition coefficient (Wildman–Crippen LogP) is 4.09. The summed E-state index contributed by atoms with van der Waals surface area (Å²) < 4.78 is 2.33. The third kappa shape index (κ3) is 1.59. The topological polar surface area (TPSA) is 66.7 Å². The molecule has 0 saturated heterocycles. The molecule has 0 aliphatic rings. The monoisotopic (exact) mass is 341 g/mol. The highest BCUT2D eigenvalue weighted by Gasteiger charge is 2.16. The number of fused-ring (bicyclic) bond motifs is 4. The normalized spacial score (nSPS) is 11.5. The minimum Gasteiger partial charge on any atom is -0.339 e. The summed E-state index contributed by atoms with van der Waals surface area (Å²) in [4.78, 5) is 27.1. The molecular weight excluding hydrogens is 334 g/mol. The summed E-state index contributed by atoms with van der Waals surface area (Å²) in [5, 5.41) is 4.33. The first-order chi connectivity index (χ1) is 10.2. The fraction of sp³-hybridized carbons (Fsp3) is 0. The Morgan fingerprint density at radius 2 is 1.90 bits per heavy atom. The molecular formula is C15H8BrN3O2. The van der Waals surface area contributed by atoms with Crippen molar-refractivity contribution in [3.8, 4) is 0 Å². The number of nitroso groups, excluding NO2 is 1. The molecule has 2 aromatic heterocycles. The van der Waals surface area contributed by atoms with Crippen molar-refractivity contribution in [2.75, 3.05) is 0 Å². The van der Waals surface area contributed by atoms with Gasteiger partial charge in [-0.15, -0.1) is 4.91 Å². The molecule has 102 valence electrons. The minimum absolute atomic E-state index is 0.169. The van der Waals surface area contributed by atoms with Crippen molar-refractivity contribution in [3.05, 3.63) is 62.2 Å². The summed E-state index contributed by atoms with van der Waals surface area (Å²) in [6.45, 7) is 0. The van der Waals surface area contributed by atoms with Crippen LogP contribution in [0.2, 0.25) is 0 Å². The van der Waals surface area contributed by atoms with E-state index in [0.717, 1.165) is 4.47 Å². The van der Waals surface area contributed by atoms with Crippen LogP contribution in [0, 0.1) is 4.91 Å². The van der Waals surface area contributed by atoms with Gasteiger partial charge in [0.2, 0.25) is 0 Å². The number of aromatic nitrogens is 2. The third-order valence-electron chi connectivity index (χ3n) is 3.61. The number of nitrogens with zero attached hydrogens (tertiary/aromatic N) is 2. The van der Waals surface area contributed by atoms with Crippen LogP contribution in [0.4, 0.5) is 5.69 Å². The number of nitrogens with one attached hydrogen (secondary N) is 1. The van der Waals surface area contributed by atoms with Crippen LogP contribution in [0.3, 0.4) is 0 Å². The Labute approximate surface area is 126 Å². The second-order valence-electron chi connectivity index (χ2n) is 4.76. The van der Waals surface area contributed by atoms with Crippen LogP contribution < -0.4 is 5.56 Å². The minimum atomic E-state index is -0.169. The van der Waals surface area contributed by atoms with Crippen LogP contribution >= 0.6 is 15.9 Å². The van der Waals surface area contributed by atoms with Gasteiger partial charge in [0, 0.05) is 9.86 Å². The van der Waals surface area contributed by atoms with Crippen LogP contribution in [0.25, 0.3) is 27.5 Å². The number of hydrogen-bond acceptors (Lipinski definition) is 3. The van der Waals surface area contributed by atoms with E-state index >= 15 is 0 Å². The van der Waals surface area contributed by atoms with E-state index < -0.39 is 0 Å². The van der Waals surface area contributed by atoms with Crippen molar-refractivity contribution in [1.29, 1.82) is 0 Å². The lowest BCUT2D eigenvalue weighted by atomic mass is 10.2. The first-order valence-electron chi connectivity index (χ1n) is 6.29. The molecule has 0 saturated carbocycles.